The van der Waals surface area contributed by atoms with E-state index < -0.39 is 11.5 Å². The Kier molecular flexibility index (Phi) is 5.64. The average Bonchev–Trinajstić information content (AvgIpc) is 2.77. The Balaban J connectivity index is 1.76. The van der Waals surface area contributed by atoms with E-state index in [1.54, 1.807) is 54.7 Å². The second kappa shape index (κ2) is 8.53. The Hall–Kier alpha value is -3.77. The molecule has 4 aromatic rings. The Labute approximate surface area is 183 Å². The molecule has 2 aromatic heterocycles. The van der Waals surface area contributed by atoms with Gasteiger partial charge < -0.3 is 5.32 Å². The molecular weight excluding hydrogens is 414 g/mol. The van der Waals surface area contributed by atoms with E-state index in [4.69, 9.17) is 11.6 Å². The number of amides is 1. The van der Waals surface area contributed by atoms with Gasteiger partial charge in [-0.2, -0.15) is 0 Å². The van der Waals surface area contributed by atoms with E-state index in [0.717, 1.165) is 5.56 Å². The van der Waals surface area contributed by atoms with E-state index in [1.807, 2.05) is 12.1 Å². The van der Waals surface area contributed by atoms with Crippen LogP contribution in [0.15, 0.2) is 77.7 Å². The maximum absolute atomic E-state index is 13.2. The molecule has 4 rings (SSSR count). The van der Waals surface area contributed by atoms with Crippen LogP contribution in [0.3, 0.4) is 0 Å². The number of hydrogen-bond acceptors (Lipinski definition) is 4. The number of ketones is 1. The molecule has 154 valence electrons. The molecule has 0 fully saturated rings. The number of nitrogens with zero attached hydrogens (tertiary/aromatic N) is 2. The van der Waals surface area contributed by atoms with Crippen LogP contribution < -0.4 is 10.9 Å². The third kappa shape index (κ3) is 4.39. The van der Waals surface area contributed by atoms with Crippen LogP contribution in [0.4, 0.5) is 5.69 Å². The Morgan fingerprint density at radius 1 is 1.03 bits per heavy atom. The molecular formula is C24H18ClN3O3. The molecule has 0 aliphatic carbocycles. The first kappa shape index (κ1) is 20.5. The van der Waals surface area contributed by atoms with E-state index in [0.29, 0.717) is 27.3 Å². The summed E-state index contributed by atoms with van der Waals surface area (Å²) in [5, 5.41) is 3.98. The SMILES string of the molecule is CC(=O)c1cccc(NC(=O)c2cc3cccnc3n(Cc3ccc(Cl)cc3)c2=O)c1. The van der Waals surface area contributed by atoms with E-state index >= 15 is 0 Å². The van der Waals surface area contributed by atoms with Gasteiger partial charge in [0.25, 0.3) is 11.5 Å². The molecule has 0 radical (unpaired) electrons. The minimum Gasteiger partial charge on any atom is -0.322 e. The van der Waals surface area contributed by atoms with Crippen molar-refractivity contribution in [3.05, 3.63) is 105 Å². The number of fused-ring (bicyclic) bond motifs is 1. The topological polar surface area (TPSA) is 81.1 Å². The van der Waals surface area contributed by atoms with Crippen molar-refractivity contribution in [2.24, 2.45) is 0 Å². The van der Waals surface area contributed by atoms with Crippen LogP contribution in [0.25, 0.3) is 11.0 Å². The summed E-state index contributed by atoms with van der Waals surface area (Å²) in [5.41, 5.74) is 1.78. The highest BCUT2D eigenvalue weighted by atomic mass is 35.5. The lowest BCUT2D eigenvalue weighted by Crippen LogP contribution is -2.30. The normalized spacial score (nSPS) is 10.8. The number of pyridine rings is 2. The van der Waals surface area contributed by atoms with E-state index in [1.165, 1.54) is 17.6 Å². The maximum Gasteiger partial charge on any atom is 0.265 e. The number of nitrogens with one attached hydrogen (secondary N) is 1. The van der Waals surface area contributed by atoms with Gasteiger partial charge in [0.05, 0.1) is 6.54 Å². The van der Waals surface area contributed by atoms with Gasteiger partial charge >= 0.3 is 0 Å². The lowest BCUT2D eigenvalue weighted by atomic mass is 10.1. The predicted molar refractivity (Wildman–Crippen MR) is 121 cm³/mol. The van der Waals surface area contributed by atoms with Gasteiger partial charge in [-0.15, -0.1) is 0 Å². The fraction of sp³-hybridized carbons (Fsp3) is 0.0833. The molecule has 0 aliphatic rings. The van der Waals surface area contributed by atoms with E-state index in [-0.39, 0.29) is 17.9 Å². The number of Topliss-reactive ketones (excluding diaryl/α,β-unsaturated/α-hetero) is 1. The van der Waals surface area contributed by atoms with Gasteiger partial charge in [0.1, 0.15) is 11.2 Å². The molecule has 2 heterocycles. The molecule has 0 atom stereocenters. The summed E-state index contributed by atoms with van der Waals surface area (Å²) in [6.45, 7) is 1.69. The molecule has 0 saturated carbocycles. The third-order valence-electron chi connectivity index (χ3n) is 4.87. The average molecular weight is 432 g/mol. The van der Waals surface area contributed by atoms with Crippen molar-refractivity contribution >= 4 is 40.0 Å². The highest BCUT2D eigenvalue weighted by molar-refractivity contribution is 6.30. The fourth-order valence-corrected chi connectivity index (χ4v) is 3.43. The summed E-state index contributed by atoms with van der Waals surface area (Å²) < 4.78 is 1.47. The molecule has 31 heavy (non-hydrogen) atoms. The van der Waals surface area contributed by atoms with Gasteiger partial charge in [-0.05, 0) is 55.0 Å². The lowest BCUT2D eigenvalue weighted by Gasteiger charge is -2.13. The molecule has 1 amide bonds. The zero-order valence-electron chi connectivity index (χ0n) is 16.6. The molecule has 0 saturated heterocycles. The maximum atomic E-state index is 13.2. The number of anilines is 1. The van der Waals surface area contributed by atoms with Crippen molar-refractivity contribution in [3.63, 3.8) is 0 Å². The molecule has 1 N–H and O–H groups in total. The number of carbonyl (C=O) groups excluding carboxylic acids is 2. The molecule has 0 bridgehead atoms. The summed E-state index contributed by atoms with van der Waals surface area (Å²) >= 11 is 5.96. The van der Waals surface area contributed by atoms with Crippen LogP contribution in [-0.2, 0) is 6.54 Å². The third-order valence-corrected chi connectivity index (χ3v) is 5.13. The Bertz CT molecular complexity index is 1360. The first-order chi connectivity index (χ1) is 14.9. The van der Waals surface area contributed by atoms with Crippen molar-refractivity contribution in [3.8, 4) is 0 Å². The molecule has 7 heteroatoms. The minimum absolute atomic E-state index is 0.0114. The van der Waals surface area contributed by atoms with E-state index in [2.05, 4.69) is 10.3 Å². The van der Waals surface area contributed by atoms with Gasteiger partial charge in [-0.25, -0.2) is 4.98 Å². The van der Waals surface area contributed by atoms with Gasteiger partial charge in [0.15, 0.2) is 5.78 Å². The van der Waals surface area contributed by atoms with Crippen LogP contribution in [0.2, 0.25) is 5.02 Å². The summed E-state index contributed by atoms with van der Waals surface area (Å²) in [4.78, 5) is 42.2. The minimum atomic E-state index is -0.554. The van der Waals surface area contributed by atoms with Gasteiger partial charge in [-0.3, -0.25) is 19.0 Å². The van der Waals surface area contributed by atoms with Crippen molar-refractivity contribution in [2.45, 2.75) is 13.5 Å². The van der Waals surface area contributed by atoms with Crippen LogP contribution in [0.5, 0.6) is 0 Å². The molecule has 6 nitrogen and oxygen atoms in total. The lowest BCUT2D eigenvalue weighted by molar-refractivity contribution is 0.101. The standard InChI is InChI=1S/C24H18ClN3O3/c1-15(29)17-4-2-6-20(12-17)27-23(30)21-13-18-5-3-11-26-22(18)28(24(21)31)14-16-7-9-19(25)10-8-16/h2-13H,14H2,1H3,(H,27,30). The number of rotatable bonds is 5. The number of hydrogen-bond donors (Lipinski definition) is 1. The van der Waals surface area contributed by atoms with Crippen molar-refractivity contribution < 1.29 is 9.59 Å². The van der Waals surface area contributed by atoms with Crippen LogP contribution in [0.1, 0.15) is 33.2 Å². The van der Waals surface area contributed by atoms with Crippen molar-refractivity contribution in [1.29, 1.82) is 0 Å². The number of halogens is 1. The Morgan fingerprint density at radius 2 is 1.81 bits per heavy atom. The summed E-state index contributed by atoms with van der Waals surface area (Å²) in [5.74, 6) is -0.667. The summed E-state index contributed by atoms with van der Waals surface area (Å²) in [6, 6.07) is 18.8. The zero-order chi connectivity index (χ0) is 22.0. The van der Waals surface area contributed by atoms with Gasteiger partial charge in [-0.1, -0.05) is 35.9 Å². The number of aromatic nitrogens is 2. The fourth-order valence-electron chi connectivity index (χ4n) is 3.30. The number of carbonyl (C=O) groups is 2. The highest BCUT2D eigenvalue weighted by Crippen LogP contribution is 2.17. The predicted octanol–water partition coefficient (Wildman–Crippen LogP) is 4.55. The largest absolute Gasteiger partial charge is 0.322 e. The molecule has 0 spiro atoms. The van der Waals surface area contributed by atoms with Gasteiger partial charge in [0.2, 0.25) is 0 Å². The van der Waals surface area contributed by atoms with Gasteiger partial charge in [0, 0.05) is 27.9 Å². The van der Waals surface area contributed by atoms with Crippen molar-refractivity contribution in [1.82, 2.24) is 9.55 Å². The first-order valence-corrected chi connectivity index (χ1v) is 9.95. The summed E-state index contributed by atoms with van der Waals surface area (Å²) in [6.07, 6.45) is 1.60. The van der Waals surface area contributed by atoms with Crippen LogP contribution in [0, 0.1) is 0 Å². The zero-order valence-corrected chi connectivity index (χ0v) is 17.4. The smallest absolute Gasteiger partial charge is 0.265 e. The summed E-state index contributed by atoms with van der Waals surface area (Å²) in [7, 11) is 0. The van der Waals surface area contributed by atoms with Crippen LogP contribution in [-0.4, -0.2) is 21.2 Å². The second-order valence-corrected chi connectivity index (χ2v) is 7.52. The van der Waals surface area contributed by atoms with Crippen LogP contribution >= 0.6 is 11.6 Å². The first-order valence-electron chi connectivity index (χ1n) is 9.58. The molecule has 2 aromatic carbocycles. The molecule has 0 aliphatic heterocycles. The van der Waals surface area contributed by atoms with Crippen molar-refractivity contribution in [2.75, 3.05) is 5.32 Å². The highest BCUT2D eigenvalue weighted by Gasteiger charge is 2.17. The molecule has 0 unspecified atom stereocenters. The van der Waals surface area contributed by atoms with E-state index in [9.17, 15) is 14.4 Å². The monoisotopic (exact) mass is 431 g/mol. The number of benzene rings is 2. The quantitative estimate of drug-likeness (QED) is 0.470. The Morgan fingerprint density at radius 3 is 2.55 bits per heavy atom. The second-order valence-electron chi connectivity index (χ2n) is 7.08.